The summed E-state index contributed by atoms with van der Waals surface area (Å²) in [5.41, 5.74) is 1.93. The van der Waals surface area contributed by atoms with Crippen molar-refractivity contribution in [3.05, 3.63) is 99.5 Å². The molecule has 7 nitrogen and oxygen atoms in total. The maximum Gasteiger partial charge on any atom is 0.244 e. The summed E-state index contributed by atoms with van der Waals surface area (Å²) < 4.78 is 27.2. The van der Waals surface area contributed by atoms with Gasteiger partial charge >= 0.3 is 0 Å². The molecule has 0 heterocycles. The van der Waals surface area contributed by atoms with Gasteiger partial charge in [0.05, 0.1) is 11.9 Å². The Labute approximate surface area is 225 Å². The van der Waals surface area contributed by atoms with Gasteiger partial charge in [0.2, 0.25) is 21.8 Å². The van der Waals surface area contributed by atoms with Crippen LogP contribution in [-0.2, 0) is 32.6 Å². The normalized spacial score (nSPS) is 12.0. The van der Waals surface area contributed by atoms with Crippen LogP contribution >= 0.6 is 27.5 Å². The molecule has 190 valence electrons. The molecule has 1 N–H and O–H groups in total. The number of benzene rings is 3. The number of sulfonamides is 1. The van der Waals surface area contributed by atoms with Gasteiger partial charge < -0.3 is 10.2 Å². The van der Waals surface area contributed by atoms with Crippen molar-refractivity contribution in [3.8, 4) is 0 Å². The molecule has 0 radical (unpaired) electrons. The minimum absolute atomic E-state index is 0.115. The molecule has 0 aliphatic rings. The number of likely N-dealkylation sites (N-methyl/N-ethyl adjacent to an activating group) is 1. The number of nitrogens with one attached hydrogen (secondary N) is 1. The Morgan fingerprint density at radius 3 is 2.22 bits per heavy atom. The number of anilines is 1. The smallest absolute Gasteiger partial charge is 0.244 e. The molecule has 1 atom stereocenters. The molecule has 0 bridgehead atoms. The molecule has 36 heavy (non-hydrogen) atoms. The molecule has 2 amide bonds. The predicted molar refractivity (Wildman–Crippen MR) is 146 cm³/mol. The van der Waals surface area contributed by atoms with Crippen LogP contribution in [0.15, 0.2) is 83.3 Å². The SMILES string of the molecule is CNC(=O)[C@H](Cc1ccccc1)N(Cc1ccc(Br)cc1)C(=O)CN(c1cccc(Cl)c1)S(C)(=O)=O. The number of hydrogen-bond donors (Lipinski definition) is 1. The maximum atomic E-state index is 13.8. The van der Waals surface area contributed by atoms with Gasteiger partial charge in [-0.25, -0.2) is 8.42 Å². The molecular weight excluding hydrogens is 566 g/mol. The van der Waals surface area contributed by atoms with Crippen molar-refractivity contribution < 1.29 is 18.0 Å². The van der Waals surface area contributed by atoms with E-state index in [0.29, 0.717) is 5.02 Å². The van der Waals surface area contributed by atoms with Crippen molar-refractivity contribution in [2.24, 2.45) is 0 Å². The number of carbonyl (C=O) groups is 2. The molecule has 0 saturated carbocycles. The summed E-state index contributed by atoms with van der Waals surface area (Å²) in [6.45, 7) is -0.373. The molecule has 10 heteroatoms. The number of halogens is 2. The van der Waals surface area contributed by atoms with Gasteiger partial charge in [-0.15, -0.1) is 0 Å². The summed E-state index contributed by atoms with van der Waals surface area (Å²) in [4.78, 5) is 28.2. The molecule has 0 saturated heterocycles. The fourth-order valence-electron chi connectivity index (χ4n) is 3.75. The first kappa shape index (κ1) is 27.7. The van der Waals surface area contributed by atoms with Gasteiger partial charge in [-0.2, -0.15) is 0 Å². The van der Waals surface area contributed by atoms with E-state index >= 15 is 0 Å². The fraction of sp³-hybridized carbons (Fsp3) is 0.231. The first-order chi connectivity index (χ1) is 17.1. The molecule has 0 aromatic heterocycles. The minimum atomic E-state index is -3.83. The number of nitrogens with zero attached hydrogens (tertiary/aromatic N) is 2. The number of rotatable bonds is 10. The Kier molecular flexibility index (Phi) is 9.53. The van der Waals surface area contributed by atoms with Gasteiger partial charge in [-0.1, -0.05) is 76.1 Å². The lowest BCUT2D eigenvalue weighted by atomic mass is 10.0. The third-order valence-electron chi connectivity index (χ3n) is 5.56. The van der Waals surface area contributed by atoms with Crippen LogP contribution in [0.3, 0.4) is 0 Å². The molecular formula is C26H27BrClN3O4S. The highest BCUT2D eigenvalue weighted by Gasteiger charge is 2.32. The van der Waals surface area contributed by atoms with Crippen LogP contribution in [0.4, 0.5) is 5.69 Å². The highest BCUT2D eigenvalue weighted by Crippen LogP contribution is 2.23. The summed E-state index contributed by atoms with van der Waals surface area (Å²) in [5.74, 6) is -0.870. The zero-order chi connectivity index (χ0) is 26.3. The van der Waals surface area contributed by atoms with Crippen molar-refractivity contribution >= 4 is 55.1 Å². The van der Waals surface area contributed by atoms with Crippen LogP contribution in [0.2, 0.25) is 5.02 Å². The highest BCUT2D eigenvalue weighted by molar-refractivity contribution is 9.10. The molecule has 3 aromatic carbocycles. The maximum absolute atomic E-state index is 13.8. The van der Waals surface area contributed by atoms with E-state index in [1.165, 1.54) is 18.0 Å². The van der Waals surface area contributed by atoms with Gasteiger partial charge in [0.1, 0.15) is 12.6 Å². The van der Waals surface area contributed by atoms with Gasteiger partial charge in [-0.3, -0.25) is 13.9 Å². The van der Waals surface area contributed by atoms with Crippen LogP contribution in [0.5, 0.6) is 0 Å². The third kappa shape index (κ3) is 7.56. The second-order valence-electron chi connectivity index (χ2n) is 8.22. The Balaban J connectivity index is 2.01. The predicted octanol–water partition coefficient (Wildman–Crippen LogP) is 4.25. The van der Waals surface area contributed by atoms with E-state index < -0.39 is 28.5 Å². The molecule has 0 aliphatic carbocycles. The van der Waals surface area contributed by atoms with Crippen molar-refractivity contribution in [2.45, 2.75) is 19.0 Å². The number of carbonyl (C=O) groups excluding carboxylic acids is 2. The van der Waals surface area contributed by atoms with Crippen LogP contribution in [0, 0.1) is 0 Å². The lowest BCUT2D eigenvalue weighted by Gasteiger charge is -2.33. The van der Waals surface area contributed by atoms with Crippen molar-refractivity contribution in [3.63, 3.8) is 0 Å². The van der Waals surface area contributed by atoms with E-state index in [2.05, 4.69) is 21.2 Å². The van der Waals surface area contributed by atoms with Crippen molar-refractivity contribution in [1.29, 1.82) is 0 Å². The fourth-order valence-corrected chi connectivity index (χ4v) is 5.04. The minimum Gasteiger partial charge on any atom is -0.357 e. The van der Waals surface area contributed by atoms with Crippen LogP contribution in [0.1, 0.15) is 11.1 Å². The lowest BCUT2D eigenvalue weighted by molar-refractivity contribution is -0.139. The second-order valence-corrected chi connectivity index (χ2v) is 11.5. The third-order valence-corrected chi connectivity index (χ3v) is 7.46. The van der Waals surface area contributed by atoms with Crippen molar-refractivity contribution in [2.75, 3.05) is 24.2 Å². The first-order valence-electron chi connectivity index (χ1n) is 11.1. The van der Waals surface area contributed by atoms with Gasteiger partial charge in [-0.05, 0) is 41.5 Å². The topological polar surface area (TPSA) is 86.8 Å². The van der Waals surface area contributed by atoms with E-state index in [9.17, 15) is 18.0 Å². The van der Waals surface area contributed by atoms with Gasteiger partial charge in [0, 0.05) is 29.5 Å². The molecule has 0 fully saturated rings. The standard InChI is InChI=1S/C26H27BrClN3O4S/c1-29-26(33)24(15-19-7-4-3-5-8-19)30(17-20-11-13-21(27)14-12-20)25(32)18-31(36(2,34)35)23-10-6-9-22(28)16-23/h3-14,16,24H,15,17-18H2,1-2H3,(H,29,33)/t24-/m0/s1. The Morgan fingerprint density at radius 1 is 0.972 bits per heavy atom. The summed E-state index contributed by atoms with van der Waals surface area (Å²) >= 11 is 9.49. The molecule has 3 aromatic rings. The van der Waals surface area contributed by atoms with E-state index in [-0.39, 0.29) is 24.6 Å². The van der Waals surface area contributed by atoms with E-state index in [4.69, 9.17) is 11.6 Å². The average molecular weight is 593 g/mol. The van der Waals surface area contributed by atoms with Crippen LogP contribution in [-0.4, -0.2) is 51.0 Å². The highest BCUT2D eigenvalue weighted by atomic mass is 79.9. The molecule has 3 rings (SSSR count). The Bertz CT molecular complexity index is 1300. The van der Waals surface area contributed by atoms with E-state index in [1.807, 2.05) is 54.6 Å². The summed E-state index contributed by atoms with van der Waals surface area (Å²) in [6, 6.07) is 22.2. The first-order valence-corrected chi connectivity index (χ1v) is 14.1. The van der Waals surface area contributed by atoms with Crippen molar-refractivity contribution in [1.82, 2.24) is 10.2 Å². The monoisotopic (exact) mass is 591 g/mol. The zero-order valence-electron chi connectivity index (χ0n) is 19.9. The largest absolute Gasteiger partial charge is 0.357 e. The summed E-state index contributed by atoms with van der Waals surface area (Å²) in [6.07, 6.45) is 1.29. The Morgan fingerprint density at radius 2 is 1.64 bits per heavy atom. The molecule has 0 unspecified atom stereocenters. The van der Waals surface area contributed by atoms with Gasteiger partial charge in [0.25, 0.3) is 0 Å². The zero-order valence-corrected chi connectivity index (χ0v) is 23.1. The molecule has 0 aliphatic heterocycles. The van der Waals surface area contributed by atoms with Crippen LogP contribution in [0.25, 0.3) is 0 Å². The van der Waals surface area contributed by atoms with Crippen LogP contribution < -0.4 is 9.62 Å². The number of hydrogen-bond acceptors (Lipinski definition) is 4. The Hall–Kier alpha value is -2.88. The van der Waals surface area contributed by atoms with E-state index in [1.54, 1.807) is 18.2 Å². The second kappa shape index (κ2) is 12.4. The van der Waals surface area contributed by atoms with Gasteiger partial charge in [0.15, 0.2) is 0 Å². The van der Waals surface area contributed by atoms with E-state index in [0.717, 1.165) is 26.2 Å². The summed E-state index contributed by atoms with van der Waals surface area (Å²) in [7, 11) is -2.32. The lowest BCUT2D eigenvalue weighted by Crippen LogP contribution is -2.52. The average Bonchev–Trinajstić information content (AvgIpc) is 2.85. The summed E-state index contributed by atoms with van der Waals surface area (Å²) in [5, 5.41) is 2.99. The quantitative estimate of drug-likeness (QED) is 0.381. The molecule has 0 spiro atoms. The number of amides is 2.